The van der Waals surface area contributed by atoms with Crippen LogP contribution in [0.25, 0.3) is 11.2 Å². The van der Waals surface area contributed by atoms with Crippen molar-refractivity contribution in [3.63, 3.8) is 0 Å². The number of benzene rings is 1. The highest BCUT2D eigenvalue weighted by Crippen LogP contribution is 2.34. The first kappa shape index (κ1) is 20.8. The van der Waals surface area contributed by atoms with Crippen LogP contribution in [0.1, 0.15) is 19.0 Å². The second kappa shape index (κ2) is 8.32. The summed E-state index contributed by atoms with van der Waals surface area (Å²) >= 11 is 6.00. The minimum atomic E-state index is -1.17. The molecule has 160 valence electrons. The number of hydrogen-bond donors (Lipinski definition) is 4. The second-order valence-electron chi connectivity index (χ2n) is 6.96. The van der Waals surface area contributed by atoms with Gasteiger partial charge in [-0.15, -0.1) is 0 Å². The first-order valence-electron chi connectivity index (χ1n) is 9.42. The molecule has 2 aromatic heterocycles. The van der Waals surface area contributed by atoms with Gasteiger partial charge in [0, 0.05) is 19.2 Å². The molecule has 2 unspecified atom stereocenters. The zero-order valence-electron chi connectivity index (χ0n) is 16.4. The maximum atomic E-state index is 10.5. The van der Waals surface area contributed by atoms with Crippen LogP contribution in [0.15, 0.2) is 24.5 Å². The van der Waals surface area contributed by atoms with Crippen molar-refractivity contribution in [1.82, 2.24) is 19.5 Å². The molecule has 0 amide bonds. The highest BCUT2D eigenvalue weighted by atomic mass is 35.5. The molecule has 1 fully saturated rings. The van der Waals surface area contributed by atoms with Gasteiger partial charge in [0.1, 0.15) is 29.9 Å². The Labute approximate surface area is 177 Å². The van der Waals surface area contributed by atoms with E-state index in [0.717, 1.165) is 0 Å². The molecule has 0 bridgehead atoms. The number of aliphatic hydroxyl groups is 2. The van der Waals surface area contributed by atoms with E-state index in [2.05, 4.69) is 20.3 Å². The Morgan fingerprint density at radius 1 is 1.27 bits per heavy atom. The average molecular weight is 436 g/mol. The van der Waals surface area contributed by atoms with Gasteiger partial charge < -0.3 is 30.1 Å². The highest BCUT2D eigenvalue weighted by molar-refractivity contribution is 6.32. The lowest BCUT2D eigenvalue weighted by molar-refractivity contribution is -0.0580. The molecule has 4 rings (SSSR count). The number of rotatable bonds is 6. The first-order valence-corrected chi connectivity index (χ1v) is 9.80. The number of imidazole rings is 1. The van der Waals surface area contributed by atoms with Crippen molar-refractivity contribution in [2.45, 2.75) is 37.9 Å². The van der Waals surface area contributed by atoms with Crippen molar-refractivity contribution in [2.75, 3.05) is 19.0 Å². The Balaban J connectivity index is 1.74. The number of nitrogens with one attached hydrogen (secondary N) is 1. The molecular formula is C19H22ClN5O5. The fourth-order valence-corrected chi connectivity index (χ4v) is 3.56. The SMILES string of the molecule is CCc1nc(Nc2ccc(O)c(Cl)c2)c2ncn([C@@H]3O[C@H](COC)C(O)C3O)c2n1. The van der Waals surface area contributed by atoms with E-state index in [4.69, 9.17) is 21.1 Å². The third-order valence-electron chi connectivity index (χ3n) is 4.94. The van der Waals surface area contributed by atoms with E-state index in [1.54, 1.807) is 16.7 Å². The van der Waals surface area contributed by atoms with E-state index in [1.165, 1.54) is 19.5 Å². The van der Waals surface area contributed by atoms with Crippen LogP contribution in [0, 0.1) is 0 Å². The number of aromatic nitrogens is 4. The first-order chi connectivity index (χ1) is 14.4. The molecule has 30 heavy (non-hydrogen) atoms. The van der Waals surface area contributed by atoms with Crippen LogP contribution >= 0.6 is 11.6 Å². The summed E-state index contributed by atoms with van der Waals surface area (Å²) in [4.78, 5) is 13.4. The molecule has 1 aliphatic rings. The monoisotopic (exact) mass is 435 g/mol. The van der Waals surface area contributed by atoms with Gasteiger partial charge in [0.25, 0.3) is 0 Å². The summed E-state index contributed by atoms with van der Waals surface area (Å²) in [5, 5.41) is 33.7. The van der Waals surface area contributed by atoms with Crippen molar-refractivity contribution in [3.05, 3.63) is 35.4 Å². The summed E-state index contributed by atoms with van der Waals surface area (Å²) < 4.78 is 12.4. The van der Waals surface area contributed by atoms with Crippen molar-refractivity contribution in [1.29, 1.82) is 0 Å². The van der Waals surface area contributed by atoms with Gasteiger partial charge in [-0.3, -0.25) is 4.57 Å². The highest BCUT2D eigenvalue weighted by Gasteiger charge is 2.44. The van der Waals surface area contributed by atoms with Gasteiger partial charge in [0.2, 0.25) is 0 Å². The van der Waals surface area contributed by atoms with Crippen LogP contribution in [0.5, 0.6) is 5.75 Å². The largest absolute Gasteiger partial charge is 0.506 e. The number of aromatic hydroxyl groups is 1. The van der Waals surface area contributed by atoms with Crippen LogP contribution < -0.4 is 5.32 Å². The zero-order valence-corrected chi connectivity index (χ0v) is 17.1. The molecular weight excluding hydrogens is 414 g/mol. The van der Waals surface area contributed by atoms with E-state index in [-0.39, 0.29) is 17.4 Å². The van der Waals surface area contributed by atoms with Crippen molar-refractivity contribution in [3.8, 4) is 5.75 Å². The molecule has 1 saturated heterocycles. The summed E-state index contributed by atoms with van der Waals surface area (Å²) in [5.41, 5.74) is 1.52. The lowest BCUT2D eigenvalue weighted by atomic mass is 10.1. The Kier molecular flexibility index (Phi) is 5.76. The molecule has 3 heterocycles. The van der Waals surface area contributed by atoms with Crippen LogP contribution in [0.3, 0.4) is 0 Å². The third-order valence-corrected chi connectivity index (χ3v) is 5.24. The topological polar surface area (TPSA) is 135 Å². The summed E-state index contributed by atoms with van der Waals surface area (Å²) in [7, 11) is 1.50. The number of fused-ring (bicyclic) bond motifs is 1. The number of halogens is 1. The molecule has 0 spiro atoms. The lowest BCUT2D eigenvalue weighted by Gasteiger charge is -2.17. The van der Waals surface area contributed by atoms with Gasteiger partial charge in [0.15, 0.2) is 23.2 Å². The minimum Gasteiger partial charge on any atom is -0.506 e. The van der Waals surface area contributed by atoms with Gasteiger partial charge in [-0.2, -0.15) is 0 Å². The summed E-state index contributed by atoms with van der Waals surface area (Å²) in [6, 6.07) is 4.71. The normalized spacial score (nSPS) is 23.9. The fraction of sp³-hybridized carbons (Fsp3) is 0.421. The summed E-state index contributed by atoms with van der Waals surface area (Å²) in [6.07, 6.45) is -1.76. The number of methoxy groups -OCH3 is 1. The molecule has 10 nitrogen and oxygen atoms in total. The summed E-state index contributed by atoms with van der Waals surface area (Å²) in [6.45, 7) is 2.06. The smallest absolute Gasteiger partial charge is 0.168 e. The second-order valence-corrected chi connectivity index (χ2v) is 7.37. The van der Waals surface area contributed by atoms with Crippen LogP contribution in [0.4, 0.5) is 11.5 Å². The minimum absolute atomic E-state index is 0.0230. The molecule has 11 heteroatoms. The Bertz CT molecular complexity index is 1060. The predicted molar refractivity (Wildman–Crippen MR) is 109 cm³/mol. The quantitative estimate of drug-likeness (QED) is 0.427. The van der Waals surface area contributed by atoms with Crippen molar-refractivity contribution >= 4 is 34.3 Å². The zero-order chi connectivity index (χ0) is 21.4. The number of aliphatic hydroxyl groups excluding tert-OH is 2. The maximum absolute atomic E-state index is 10.5. The van der Waals surface area contributed by atoms with Gasteiger partial charge in [0.05, 0.1) is 18.0 Å². The van der Waals surface area contributed by atoms with E-state index in [0.29, 0.717) is 34.9 Å². The van der Waals surface area contributed by atoms with Crippen LogP contribution in [0.2, 0.25) is 5.02 Å². The number of ether oxygens (including phenoxy) is 2. The molecule has 1 aliphatic heterocycles. The Morgan fingerprint density at radius 2 is 2.07 bits per heavy atom. The summed E-state index contributed by atoms with van der Waals surface area (Å²) in [5.74, 6) is 0.974. The van der Waals surface area contributed by atoms with E-state index >= 15 is 0 Å². The van der Waals surface area contributed by atoms with Crippen molar-refractivity contribution in [2.24, 2.45) is 0 Å². The van der Waals surface area contributed by atoms with E-state index in [9.17, 15) is 15.3 Å². The number of phenolic OH excluding ortho intramolecular Hbond substituents is 1. The lowest BCUT2D eigenvalue weighted by Crippen LogP contribution is -2.33. The van der Waals surface area contributed by atoms with Gasteiger partial charge in [-0.25, -0.2) is 15.0 Å². The molecule has 3 aromatic rings. The predicted octanol–water partition coefficient (Wildman–Crippen LogP) is 1.76. The Morgan fingerprint density at radius 3 is 2.77 bits per heavy atom. The van der Waals surface area contributed by atoms with Gasteiger partial charge >= 0.3 is 0 Å². The standard InChI is InChI=1S/C19H22ClN5O5/c1-3-13-23-17(22-9-4-5-11(26)10(20)6-9)14-18(24-13)25(8-21-14)19-16(28)15(27)12(30-19)7-29-2/h4-6,8,12,15-16,19,26-28H,3,7H2,1-2H3,(H,22,23,24)/t12-,15?,16?,19-/m1/s1. The number of hydrogen-bond acceptors (Lipinski definition) is 9. The molecule has 0 aliphatic carbocycles. The van der Waals surface area contributed by atoms with Crippen molar-refractivity contribution < 1.29 is 24.8 Å². The molecule has 4 N–H and O–H groups in total. The van der Waals surface area contributed by atoms with Gasteiger partial charge in [-0.1, -0.05) is 18.5 Å². The molecule has 0 radical (unpaired) electrons. The van der Waals surface area contributed by atoms with Crippen LogP contribution in [-0.4, -0.2) is 66.9 Å². The Hall–Kier alpha value is -2.50. The number of anilines is 2. The van der Waals surface area contributed by atoms with E-state index < -0.39 is 24.5 Å². The van der Waals surface area contributed by atoms with Crippen LogP contribution in [-0.2, 0) is 15.9 Å². The third kappa shape index (κ3) is 3.68. The molecule has 1 aromatic carbocycles. The molecule has 4 atom stereocenters. The molecule has 0 saturated carbocycles. The number of phenols is 1. The fourth-order valence-electron chi connectivity index (χ4n) is 3.38. The maximum Gasteiger partial charge on any atom is 0.168 e. The average Bonchev–Trinajstić information content (AvgIpc) is 3.27. The van der Waals surface area contributed by atoms with E-state index in [1.807, 2.05) is 6.92 Å². The number of aryl methyl sites for hydroxylation is 1. The number of nitrogens with zero attached hydrogens (tertiary/aromatic N) is 4. The van der Waals surface area contributed by atoms with Gasteiger partial charge in [-0.05, 0) is 18.2 Å².